The first-order valence-corrected chi connectivity index (χ1v) is 11.7. The number of nitrogens with one attached hydrogen (secondary N) is 1. The third-order valence-electron chi connectivity index (χ3n) is 6.31. The summed E-state index contributed by atoms with van der Waals surface area (Å²) in [6.45, 7) is 3.50. The maximum atomic E-state index is 12.6. The topological polar surface area (TPSA) is 88.2 Å². The van der Waals surface area contributed by atoms with Gasteiger partial charge in [-0.25, -0.2) is 4.79 Å². The number of carbonyl (C=O) groups is 1. The first kappa shape index (κ1) is 22.4. The molecule has 3 aromatic carbocycles. The van der Waals surface area contributed by atoms with Gasteiger partial charge in [-0.05, 0) is 67.0 Å². The van der Waals surface area contributed by atoms with E-state index in [2.05, 4.69) is 40.8 Å². The van der Waals surface area contributed by atoms with E-state index < -0.39 is 12.2 Å². The van der Waals surface area contributed by atoms with Gasteiger partial charge < -0.3 is 9.26 Å². The molecule has 0 spiro atoms. The highest BCUT2D eigenvalue weighted by molar-refractivity contribution is 5.91. The molecule has 0 bridgehead atoms. The Morgan fingerprint density at radius 3 is 2.37 bits per heavy atom. The third kappa shape index (κ3) is 4.95. The van der Waals surface area contributed by atoms with Gasteiger partial charge in [0.2, 0.25) is 0 Å². The van der Waals surface area contributed by atoms with Crippen molar-refractivity contribution in [2.24, 2.45) is 0 Å². The Bertz CT molecular complexity index is 1390. The van der Waals surface area contributed by atoms with Crippen LogP contribution in [0.3, 0.4) is 0 Å². The molecule has 1 heterocycles. The summed E-state index contributed by atoms with van der Waals surface area (Å²) in [6.07, 6.45) is 1.43. The van der Waals surface area contributed by atoms with Gasteiger partial charge in [0.1, 0.15) is 17.5 Å². The highest BCUT2D eigenvalue weighted by atomic mass is 16.6. The zero-order valence-electron chi connectivity index (χ0n) is 19.6. The molecule has 0 aliphatic heterocycles. The number of benzene rings is 3. The Morgan fingerprint density at radius 2 is 1.71 bits per heavy atom. The van der Waals surface area contributed by atoms with E-state index in [-0.39, 0.29) is 0 Å². The van der Waals surface area contributed by atoms with Crippen molar-refractivity contribution in [2.75, 3.05) is 5.32 Å². The molecular weight excluding hydrogens is 438 g/mol. The van der Waals surface area contributed by atoms with Crippen molar-refractivity contribution in [3.63, 3.8) is 0 Å². The molecule has 5 rings (SSSR count). The Balaban J connectivity index is 1.29. The van der Waals surface area contributed by atoms with Gasteiger partial charge in [0.05, 0.1) is 11.6 Å². The monoisotopic (exact) mass is 463 g/mol. The van der Waals surface area contributed by atoms with Crippen LogP contribution in [-0.4, -0.2) is 11.2 Å². The van der Waals surface area contributed by atoms with Gasteiger partial charge in [0.15, 0.2) is 5.76 Å². The molecule has 0 radical (unpaired) electrons. The number of carbonyl (C=O) groups excluding carboxylic acids is 1. The van der Waals surface area contributed by atoms with Crippen molar-refractivity contribution < 1.29 is 14.1 Å². The number of hydrogen-bond acceptors (Lipinski definition) is 5. The predicted octanol–water partition coefficient (Wildman–Crippen LogP) is 7.38. The summed E-state index contributed by atoms with van der Waals surface area (Å²) in [5, 5.41) is 16.0. The second-order valence-corrected chi connectivity index (χ2v) is 8.85. The summed E-state index contributed by atoms with van der Waals surface area (Å²) < 4.78 is 10.9. The van der Waals surface area contributed by atoms with Crippen LogP contribution in [0.15, 0.2) is 77.3 Å². The summed E-state index contributed by atoms with van der Waals surface area (Å²) in [5.74, 6) is 1.22. The van der Waals surface area contributed by atoms with Crippen LogP contribution in [0.1, 0.15) is 54.2 Å². The standard InChI is InChI=1S/C29H25N3O3/c1-18(26-5-3-4-20(16-26)17-30)34-29(33)31-27-19(2)35-32-28(27)25-14-12-24(13-15-25)23-10-8-22(9-11-23)21-6-7-21/h3-5,8-16,18,21H,6-7H2,1-2H3,(H,31,33). The fraction of sp³-hybridized carbons (Fsp3) is 0.207. The molecule has 1 aliphatic carbocycles. The summed E-state index contributed by atoms with van der Waals surface area (Å²) in [6, 6.07) is 25.9. The number of aryl methyl sites for hydroxylation is 1. The highest BCUT2D eigenvalue weighted by Crippen LogP contribution is 2.40. The minimum absolute atomic E-state index is 0.467. The number of anilines is 1. The lowest BCUT2D eigenvalue weighted by Gasteiger charge is -2.14. The summed E-state index contributed by atoms with van der Waals surface area (Å²) in [7, 11) is 0. The first-order valence-electron chi connectivity index (χ1n) is 11.7. The average molecular weight is 464 g/mol. The quantitative estimate of drug-likeness (QED) is 0.322. The maximum Gasteiger partial charge on any atom is 0.412 e. The van der Waals surface area contributed by atoms with Crippen LogP contribution in [0.2, 0.25) is 0 Å². The van der Waals surface area contributed by atoms with Crippen molar-refractivity contribution in [3.05, 3.63) is 95.2 Å². The van der Waals surface area contributed by atoms with Crippen LogP contribution < -0.4 is 5.32 Å². The smallest absolute Gasteiger partial charge is 0.412 e. The molecule has 1 saturated carbocycles. The molecule has 1 aliphatic rings. The predicted molar refractivity (Wildman–Crippen MR) is 134 cm³/mol. The van der Waals surface area contributed by atoms with E-state index in [0.29, 0.717) is 22.7 Å². The van der Waals surface area contributed by atoms with Gasteiger partial charge in [-0.15, -0.1) is 0 Å². The van der Waals surface area contributed by atoms with Crippen LogP contribution in [0.5, 0.6) is 0 Å². The Morgan fingerprint density at radius 1 is 1.06 bits per heavy atom. The fourth-order valence-electron chi connectivity index (χ4n) is 4.12. The van der Waals surface area contributed by atoms with Crippen LogP contribution in [0.4, 0.5) is 10.5 Å². The number of nitrogens with zero attached hydrogens (tertiary/aromatic N) is 2. The molecule has 1 N–H and O–H groups in total. The van der Waals surface area contributed by atoms with Crippen molar-refractivity contribution in [1.82, 2.24) is 5.16 Å². The molecule has 1 unspecified atom stereocenters. The molecule has 1 amide bonds. The number of rotatable bonds is 6. The van der Waals surface area contributed by atoms with Gasteiger partial charge in [0.25, 0.3) is 0 Å². The van der Waals surface area contributed by atoms with Gasteiger partial charge in [-0.3, -0.25) is 5.32 Å². The number of hydrogen-bond donors (Lipinski definition) is 1. The number of ether oxygens (including phenoxy) is 1. The Kier molecular flexibility index (Phi) is 6.07. The van der Waals surface area contributed by atoms with Gasteiger partial charge in [0, 0.05) is 5.56 Å². The second kappa shape index (κ2) is 9.47. The van der Waals surface area contributed by atoms with E-state index in [1.165, 1.54) is 18.4 Å². The molecule has 6 heteroatoms. The number of aromatic nitrogens is 1. The van der Waals surface area contributed by atoms with Gasteiger partial charge in [-0.2, -0.15) is 5.26 Å². The van der Waals surface area contributed by atoms with Crippen LogP contribution in [-0.2, 0) is 4.74 Å². The van der Waals surface area contributed by atoms with Crippen molar-refractivity contribution in [1.29, 1.82) is 5.26 Å². The lowest BCUT2D eigenvalue weighted by Crippen LogP contribution is -2.16. The maximum absolute atomic E-state index is 12.6. The average Bonchev–Trinajstić information content (AvgIpc) is 3.68. The molecule has 35 heavy (non-hydrogen) atoms. The highest BCUT2D eigenvalue weighted by Gasteiger charge is 2.23. The van der Waals surface area contributed by atoms with Crippen molar-refractivity contribution >= 4 is 11.8 Å². The summed E-state index contributed by atoms with van der Waals surface area (Å²) in [5.41, 5.74) is 6.76. The van der Waals surface area contributed by atoms with E-state index >= 15 is 0 Å². The molecule has 0 saturated heterocycles. The van der Waals surface area contributed by atoms with Crippen molar-refractivity contribution in [3.8, 4) is 28.5 Å². The summed E-state index contributed by atoms with van der Waals surface area (Å²) in [4.78, 5) is 12.6. The minimum atomic E-state index is -0.625. The number of nitriles is 1. The van der Waals surface area contributed by atoms with E-state index in [0.717, 1.165) is 28.2 Å². The number of amides is 1. The molecule has 1 atom stereocenters. The minimum Gasteiger partial charge on any atom is -0.441 e. The molecule has 6 nitrogen and oxygen atoms in total. The molecule has 4 aromatic rings. The SMILES string of the molecule is Cc1onc(-c2ccc(-c3ccc(C4CC4)cc3)cc2)c1NC(=O)OC(C)c1cccc(C#N)c1. The van der Waals surface area contributed by atoms with E-state index in [1.54, 1.807) is 32.0 Å². The lowest BCUT2D eigenvalue weighted by molar-refractivity contribution is 0.121. The van der Waals surface area contributed by atoms with Crippen LogP contribution in [0.25, 0.3) is 22.4 Å². The zero-order valence-corrected chi connectivity index (χ0v) is 19.6. The van der Waals surface area contributed by atoms with Gasteiger partial charge >= 0.3 is 6.09 Å². The second-order valence-electron chi connectivity index (χ2n) is 8.85. The molecule has 1 fully saturated rings. The first-order chi connectivity index (χ1) is 17.0. The lowest BCUT2D eigenvalue weighted by atomic mass is 10.00. The van der Waals surface area contributed by atoms with Crippen LogP contribution in [0, 0.1) is 18.3 Å². The Labute approximate surface area is 204 Å². The third-order valence-corrected chi connectivity index (χ3v) is 6.31. The van der Waals surface area contributed by atoms with E-state index in [4.69, 9.17) is 14.5 Å². The van der Waals surface area contributed by atoms with E-state index in [9.17, 15) is 4.79 Å². The molecule has 174 valence electrons. The Hall–Kier alpha value is -4.37. The van der Waals surface area contributed by atoms with Gasteiger partial charge in [-0.1, -0.05) is 65.8 Å². The zero-order chi connectivity index (χ0) is 24.4. The van der Waals surface area contributed by atoms with E-state index in [1.807, 2.05) is 30.3 Å². The largest absolute Gasteiger partial charge is 0.441 e. The fourth-order valence-corrected chi connectivity index (χ4v) is 4.12. The molecular formula is C29H25N3O3. The normalized spacial score (nSPS) is 13.6. The molecule has 1 aromatic heterocycles. The van der Waals surface area contributed by atoms with Crippen molar-refractivity contribution in [2.45, 2.75) is 38.7 Å². The van der Waals surface area contributed by atoms with Crippen LogP contribution >= 0.6 is 0 Å². The summed E-state index contributed by atoms with van der Waals surface area (Å²) >= 11 is 0.